The lowest BCUT2D eigenvalue weighted by Crippen LogP contribution is -2.29. The predicted octanol–water partition coefficient (Wildman–Crippen LogP) is 3.00. The third kappa shape index (κ3) is 3.26. The summed E-state index contributed by atoms with van der Waals surface area (Å²) in [5.74, 6) is 6.24. The highest BCUT2D eigenvalue weighted by Crippen LogP contribution is 2.29. The van der Waals surface area contributed by atoms with Gasteiger partial charge in [-0.05, 0) is 47.5 Å². The van der Waals surface area contributed by atoms with Crippen LogP contribution in [0.5, 0.6) is 0 Å². The van der Waals surface area contributed by atoms with Crippen molar-refractivity contribution in [3.8, 4) is 22.5 Å². The van der Waals surface area contributed by atoms with Crippen molar-refractivity contribution in [1.29, 1.82) is 0 Å². The number of carbonyl (C=O) groups is 1. The molecule has 7 heteroatoms. The molecule has 0 aliphatic rings. The van der Waals surface area contributed by atoms with Crippen molar-refractivity contribution in [2.24, 2.45) is 5.84 Å². The highest BCUT2D eigenvalue weighted by atomic mass is 16.2. The van der Waals surface area contributed by atoms with Gasteiger partial charge in [-0.15, -0.1) is 0 Å². The van der Waals surface area contributed by atoms with Crippen molar-refractivity contribution in [3.63, 3.8) is 0 Å². The van der Waals surface area contributed by atoms with Crippen molar-refractivity contribution in [1.82, 2.24) is 20.4 Å². The van der Waals surface area contributed by atoms with Gasteiger partial charge in [0, 0.05) is 36.0 Å². The summed E-state index contributed by atoms with van der Waals surface area (Å²) in [6.07, 6.45) is 3.46. The van der Waals surface area contributed by atoms with E-state index in [1.807, 2.05) is 49.5 Å². The number of hydrazine groups is 1. The van der Waals surface area contributed by atoms with Gasteiger partial charge in [-0.25, -0.2) is 15.8 Å². The molecule has 0 atom stereocenters. The largest absolute Gasteiger partial charge is 0.373 e. The molecular formula is C21H18N6O. The average molecular weight is 370 g/mol. The van der Waals surface area contributed by atoms with Gasteiger partial charge in [-0.2, -0.15) is 0 Å². The fraction of sp³-hybridized carbons (Fsp3) is 0.0476. The van der Waals surface area contributed by atoms with E-state index in [2.05, 4.69) is 25.7 Å². The summed E-state index contributed by atoms with van der Waals surface area (Å²) in [4.78, 5) is 25.3. The first-order valence-electron chi connectivity index (χ1n) is 8.71. The topological polar surface area (TPSA) is 106 Å². The lowest BCUT2D eigenvalue weighted by molar-refractivity contribution is 0.0953. The molecule has 0 fully saturated rings. The molecule has 0 radical (unpaired) electrons. The Morgan fingerprint density at radius 1 is 0.964 bits per heavy atom. The van der Waals surface area contributed by atoms with E-state index in [1.165, 1.54) is 0 Å². The number of carbonyl (C=O) groups excluding carboxylic acids is 1. The van der Waals surface area contributed by atoms with Gasteiger partial charge in [-0.1, -0.05) is 18.2 Å². The number of hydrogen-bond donors (Lipinski definition) is 3. The van der Waals surface area contributed by atoms with Crippen LogP contribution in [0, 0.1) is 0 Å². The van der Waals surface area contributed by atoms with Crippen LogP contribution >= 0.6 is 0 Å². The average Bonchev–Trinajstić information content (AvgIpc) is 2.78. The maximum Gasteiger partial charge on any atom is 0.265 e. The van der Waals surface area contributed by atoms with Crippen LogP contribution in [0.15, 0.2) is 67.0 Å². The number of benzene rings is 2. The molecule has 2 aromatic heterocycles. The maximum atomic E-state index is 11.8. The van der Waals surface area contributed by atoms with E-state index in [4.69, 9.17) is 5.84 Å². The second kappa shape index (κ2) is 7.42. The van der Waals surface area contributed by atoms with Crippen LogP contribution in [0.25, 0.3) is 33.4 Å². The summed E-state index contributed by atoms with van der Waals surface area (Å²) in [7, 11) is 1.83. The highest BCUT2D eigenvalue weighted by Gasteiger charge is 2.11. The number of anilines is 1. The summed E-state index contributed by atoms with van der Waals surface area (Å²) >= 11 is 0. The zero-order valence-corrected chi connectivity index (χ0v) is 15.2. The molecule has 0 spiro atoms. The number of amides is 1. The standard InChI is InChI=1S/C21H18N6O/c1-23-20-17-11-14(13-4-2-5-15(10-13)21(28)27-22)7-8-18(17)25-19(26-20)16-6-3-9-24-12-16/h2-12H,22H2,1H3,(H,27,28)(H,23,25,26). The van der Waals surface area contributed by atoms with Gasteiger partial charge in [0.25, 0.3) is 5.91 Å². The van der Waals surface area contributed by atoms with Crippen LogP contribution in [0.2, 0.25) is 0 Å². The van der Waals surface area contributed by atoms with Gasteiger partial charge in [0.05, 0.1) is 5.52 Å². The molecule has 28 heavy (non-hydrogen) atoms. The van der Waals surface area contributed by atoms with E-state index < -0.39 is 0 Å². The zero-order chi connectivity index (χ0) is 19.5. The Kier molecular flexibility index (Phi) is 4.65. The second-order valence-electron chi connectivity index (χ2n) is 6.17. The number of nitrogen functional groups attached to an aromatic ring is 1. The van der Waals surface area contributed by atoms with Crippen molar-refractivity contribution in [2.75, 3.05) is 12.4 Å². The zero-order valence-electron chi connectivity index (χ0n) is 15.2. The molecule has 4 aromatic rings. The fourth-order valence-corrected chi connectivity index (χ4v) is 3.05. The molecule has 2 aromatic carbocycles. The molecular weight excluding hydrogens is 352 g/mol. The Balaban J connectivity index is 1.83. The van der Waals surface area contributed by atoms with Gasteiger partial charge in [0.2, 0.25) is 0 Å². The quantitative estimate of drug-likeness (QED) is 0.290. The van der Waals surface area contributed by atoms with E-state index in [-0.39, 0.29) is 5.91 Å². The number of fused-ring (bicyclic) bond motifs is 1. The summed E-state index contributed by atoms with van der Waals surface area (Å²) in [5.41, 5.74) is 6.18. The monoisotopic (exact) mass is 370 g/mol. The Morgan fingerprint density at radius 2 is 1.79 bits per heavy atom. The van der Waals surface area contributed by atoms with E-state index in [1.54, 1.807) is 24.5 Å². The highest BCUT2D eigenvalue weighted by molar-refractivity contribution is 5.97. The third-order valence-corrected chi connectivity index (χ3v) is 4.44. The van der Waals surface area contributed by atoms with Gasteiger partial charge in [0.1, 0.15) is 5.82 Å². The number of nitrogens with one attached hydrogen (secondary N) is 2. The van der Waals surface area contributed by atoms with Crippen LogP contribution in [0.1, 0.15) is 10.4 Å². The van der Waals surface area contributed by atoms with Gasteiger partial charge >= 0.3 is 0 Å². The SMILES string of the molecule is CNc1nc(-c2cccnc2)nc2ccc(-c3cccc(C(=O)NN)c3)cc12. The summed E-state index contributed by atoms with van der Waals surface area (Å²) in [5, 5.41) is 4.04. The molecule has 0 bridgehead atoms. The maximum absolute atomic E-state index is 11.8. The first kappa shape index (κ1) is 17.6. The van der Waals surface area contributed by atoms with E-state index in [9.17, 15) is 4.79 Å². The number of nitrogens with zero attached hydrogens (tertiary/aromatic N) is 3. The molecule has 2 heterocycles. The Hall–Kier alpha value is -3.84. The summed E-state index contributed by atoms with van der Waals surface area (Å²) < 4.78 is 0. The minimum absolute atomic E-state index is 0.331. The number of aromatic nitrogens is 3. The lowest BCUT2D eigenvalue weighted by Gasteiger charge is -2.10. The van der Waals surface area contributed by atoms with Crippen molar-refractivity contribution in [2.45, 2.75) is 0 Å². The van der Waals surface area contributed by atoms with Crippen LogP contribution in [0.4, 0.5) is 5.82 Å². The summed E-state index contributed by atoms with van der Waals surface area (Å²) in [6, 6.07) is 17.0. The van der Waals surface area contributed by atoms with Crippen molar-refractivity contribution < 1.29 is 4.79 Å². The number of nitrogens with two attached hydrogens (primary N) is 1. The van der Waals surface area contributed by atoms with Crippen molar-refractivity contribution >= 4 is 22.6 Å². The molecule has 0 aliphatic heterocycles. The first-order chi connectivity index (χ1) is 13.7. The number of rotatable bonds is 4. The minimum Gasteiger partial charge on any atom is -0.373 e. The molecule has 0 saturated heterocycles. The van der Waals surface area contributed by atoms with Gasteiger partial charge < -0.3 is 5.32 Å². The van der Waals surface area contributed by atoms with Crippen LogP contribution in [-0.2, 0) is 0 Å². The Morgan fingerprint density at radius 3 is 2.54 bits per heavy atom. The first-order valence-corrected chi connectivity index (χ1v) is 8.71. The molecule has 0 aliphatic carbocycles. The number of hydrogen-bond acceptors (Lipinski definition) is 6. The van der Waals surface area contributed by atoms with Crippen LogP contribution < -0.4 is 16.6 Å². The molecule has 4 N–H and O–H groups in total. The molecule has 138 valence electrons. The lowest BCUT2D eigenvalue weighted by atomic mass is 10.0. The second-order valence-corrected chi connectivity index (χ2v) is 6.17. The van der Waals surface area contributed by atoms with Crippen molar-refractivity contribution in [3.05, 3.63) is 72.6 Å². The molecule has 0 unspecified atom stereocenters. The Labute approximate surface area is 161 Å². The normalized spacial score (nSPS) is 10.6. The molecule has 7 nitrogen and oxygen atoms in total. The molecule has 0 saturated carbocycles. The van der Waals surface area contributed by atoms with E-state index >= 15 is 0 Å². The van der Waals surface area contributed by atoms with Crippen LogP contribution in [-0.4, -0.2) is 27.9 Å². The van der Waals surface area contributed by atoms with E-state index in [0.29, 0.717) is 11.4 Å². The fourth-order valence-electron chi connectivity index (χ4n) is 3.05. The Bertz CT molecular complexity index is 1160. The van der Waals surface area contributed by atoms with Crippen LogP contribution in [0.3, 0.4) is 0 Å². The minimum atomic E-state index is -0.331. The number of pyridine rings is 1. The molecule has 1 amide bonds. The summed E-state index contributed by atoms with van der Waals surface area (Å²) in [6.45, 7) is 0. The molecule has 4 rings (SSSR count). The van der Waals surface area contributed by atoms with Gasteiger partial charge in [-0.3, -0.25) is 15.2 Å². The third-order valence-electron chi connectivity index (χ3n) is 4.44. The van der Waals surface area contributed by atoms with E-state index in [0.717, 1.165) is 33.4 Å². The smallest absolute Gasteiger partial charge is 0.265 e. The van der Waals surface area contributed by atoms with Gasteiger partial charge in [0.15, 0.2) is 5.82 Å². The predicted molar refractivity (Wildman–Crippen MR) is 109 cm³/mol.